The van der Waals surface area contributed by atoms with Crippen molar-refractivity contribution in [3.63, 3.8) is 0 Å². The quantitative estimate of drug-likeness (QED) is 0.294. The number of ketones is 1. The molecule has 202 valence electrons. The number of aliphatic hydroxyl groups is 1. The number of Topliss-reactive ketones (excluding diaryl/α,β-unsaturated/α-hetero) is 1. The van der Waals surface area contributed by atoms with E-state index in [9.17, 15) is 19.5 Å². The summed E-state index contributed by atoms with van der Waals surface area (Å²) in [5, 5.41) is 11.6. The Morgan fingerprint density at radius 1 is 1.16 bits per heavy atom. The summed E-state index contributed by atoms with van der Waals surface area (Å²) in [6.45, 7) is 11.8. The maximum absolute atomic E-state index is 13.4. The number of ether oxygens (including phenoxy) is 2. The zero-order valence-corrected chi connectivity index (χ0v) is 23.2. The fourth-order valence-corrected chi connectivity index (χ4v) is 8.25. The van der Waals surface area contributed by atoms with Gasteiger partial charge in [-0.2, -0.15) is 0 Å². The summed E-state index contributed by atoms with van der Waals surface area (Å²) in [4.78, 5) is 39.7. The van der Waals surface area contributed by atoms with Crippen molar-refractivity contribution in [2.45, 2.75) is 76.9 Å². The molecule has 0 radical (unpaired) electrons. The van der Waals surface area contributed by atoms with E-state index in [0.717, 1.165) is 24.2 Å². The Balaban J connectivity index is 1.54. The van der Waals surface area contributed by atoms with Crippen molar-refractivity contribution < 1.29 is 29.0 Å². The minimum Gasteiger partial charge on any atom is -0.459 e. The minimum absolute atomic E-state index is 0.0847. The maximum atomic E-state index is 13.4. The molecule has 0 heterocycles. The first-order valence-electron chi connectivity index (χ1n) is 13.4. The fourth-order valence-electron chi connectivity index (χ4n) is 7.53. The van der Waals surface area contributed by atoms with E-state index < -0.39 is 41.6 Å². The Morgan fingerprint density at radius 3 is 2.54 bits per heavy atom. The average Bonchev–Trinajstić information content (AvgIpc) is 3.25. The Labute approximate surface area is 224 Å². The summed E-state index contributed by atoms with van der Waals surface area (Å²) >= 11 is 1.34. The topological polar surface area (TPSA) is 89.9 Å². The SMILES string of the molecule is C=C[C@]1(C)CC(OC(=O)COC(=O)CSc2ccccc2)[C@]2(C)[C@H](C)CC[C@]3(CCC(=O)[C@H]32)[C@@H](C)[C@@H]1O. The second-order valence-corrected chi connectivity index (χ2v) is 12.9. The lowest BCUT2D eigenvalue weighted by molar-refractivity contribution is -0.208. The monoisotopic (exact) mass is 528 g/mol. The molecule has 1 aromatic carbocycles. The Hall–Kier alpha value is -2.12. The average molecular weight is 529 g/mol. The molecule has 8 atom stereocenters. The second-order valence-electron chi connectivity index (χ2n) is 11.8. The van der Waals surface area contributed by atoms with Crippen LogP contribution in [0.25, 0.3) is 0 Å². The molecule has 7 heteroatoms. The van der Waals surface area contributed by atoms with Gasteiger partial charge in [0.1, 0.15) is 11.9 Å². The number of aliphatic hydroxyl groups excluding tert-OH is 1. The lowest BCUT2D eigenvalue weighted by Crippen LogP contribution is -2.63. The van der Waals surface area contributed by atoms with Crippen LogP contribution in [0.2, 0.25) is 0 Å². The molecule has 1 N–H and O–H groups in total. The first-order valence-corrected chi connectivity index (χ1v) is 14.3. The van der Waals surface area contributed by atoms with Crippen LogP contribution < -0.4 is 0 Å². The highest BCUT2D eigenvalue weighted by Crippen LogP contribution is 2.67. The van der Waals surface area contributed by atoms with E-state index in [2.05, 4.69) is 27.4 Å². The normalized spacial score (nSPS) is 39.2. The van der Waals surface area contributed by atoms with Crippen LogP contribution in [-0.2, 0) is 23.9 Å². The van der Waals surface area contributed by atoms with Crippen molar-refractivity contribution in [1.82, 2.24) is 0 Å². The lowest BCUT2D eigenvalue weighted by Gasteiger charge is -2.61. The number of benzene rings is 1. The second kappa shape index (κ2) is 10.6. The Bertz CT molecular complexity index is 1040. The third-order valence-corrected chi connectivity index (χ3v) is 11.0. The predicted octanol–water partition coefficient (Wildman–Crippen LogP) is 5.23. The summed E-state index contributed by atoms with van der Waals surface area (Å²) in [5.41, 5.74) is -1.61. The molecule has 0 aromatic heterocycles. The Kier molecular flexibility index (Phi) is 7.97. The number of hydrogen-bond donors (Lipinski definition) is 1. The first-order chi connectivity index (χ1) is 17.5. The molecule has 0 saturated heterocycles. The van der Waals surface area contributed by atoms with Gasteiger partial charge in [0.15, 0.2) is 6.61 Å². The lowest BCUT2D eigenvalue weighted by atomic mass is 9.44. The molecule has 1 aromatic rings. The third kappa shape index (κ3) is 4.89. The van der Waals surface area contributed by atoms with Crippen LogP contribution >= 0.6 is 11.8 Å². The van der Waals surface area contributed by atoms with Gasteiger partial charge in [-0.3, -0.25) is 9.59 Å². The highest BCUT2D eigenvalue weighted by atomic mass is 32.2. The highest BCUT2D eigenvalue weighted by Gasteiger charge is 2.68. The summed E-state index contributed by atoms with van der Waals surface area (Å²) in [7, 11) is 0. The molecule has 4 rings (SSSR count). The van der Waals surface area contributed by atoms with Crippen LogP contribution in [0.15, 0.2) is 47.9 Å². The van der Waals surface area contributed by atoms with Gasteiger partial charge in [0.25, 0.3) is 0 Å². The van der Waals surface area contributed by atoms with Gasteiger partial charge in [-0.1, -0.05) is 52.0 Å². The van der Waals surface area contributed by atoms with Crippen LogP contribution in [0.1, 0.15) is 59.8 Å². The number of hydrogen-bond acceptors (Lipinski definition) is 7. The van der Waals surface area contributed by atoms with Crippen molar-refractivity contribution in [1.29, 1.82) is 0 Å². The predicted molar refractivity (Wildman–Crippen MR) is 143 cm³/mol. The molecule has 3 saturated carbocycles. The van der Waals surface area contributed by atoms with Gasteiger partial charge in [-0.05, 0) is 55.1 Å². The largest absolute Gasteiger partial charge is 0.459 e. The molecule has 37 heavy (non-hydrogen) atoms. The van der Waals surface area contributed by atoms with Gasteiger partial charge in [0.2, 0.25) is 0 Å². The molecule has 1 unspecified atom stereocenters. The first kappa shape index (κ1) is 27.9. The number of esters is 2. The number of carbonyl (C=O) groups is 3. The van der Waals surface area contributed by atoms with E-state index in [4.69, 9.17) is 9.47 Å². The van der Waals surface area contributed by atoms with Crippen molar-refractivity contribution in [3.05, 3.63) is 43.0 Å². The Morgan fingerprint density at radius 2 is 1.86 bits per heavy atom. The van der Waals surface area contributed by atoms with Gasteiger partial charge < -0.3 is 14.6 Å². The zero-order valence-electron chi connectivity index (χ0n) is 22.4. The van der Waals surface area contributed by atoms with Crippen LogP contribution in [0, 0.1) is 34.0 Å². The van der Waals surface area contributed by atoms with Crippen LogP contribution in [0.4, 0.5) is 0 Å². The minimum atomic E-state index is -0.717. The van der Waals surface area contributed by atoms with E-state index in [-0.39, 0.29) is 34.7 Å². The van der Waals surface area contributed by atoms with Crippen molar-refractivity contribution in [2.24, 2.45) is 34.0 Å². The molecule has 3 fully saturated rings. The van der Waals surface area contributed by atoms with E-state index >= 15 is 0 Å². The summed E-state index contributed by atoms with van der Waals surface area (Å²) in [6, 6.07) is 9.50. The van der Waals surface area contributed by atoms with E-state index in [0.29, 0.717) is 12.8 Å². The van der Waals surface area contributed by atoms with Gasteiger partial charge in [0.05, 0.1) is 11.9 Å². The molecule has 3 aliphatic carbocycles. The molecular formula is C30H40O6S. The third-order valence-electron chi connectivity index (χ3n) is 10.0. The van der Waals surface area contributed by atoms with E-state index in [1.807, 2.05) is 37.3 Å². The number of carbonyl (C=O) groups excluding carboxylic acids is 3. The molecule has 6 nitrogen and oxygen atoms in total. The molecule has 2 bridgehead atoms. The van der Waals surface area contributed by atoms with Gasteiger partial charge in [-0.25, -0.2) is 4.79 Å². The van der Waals surface area contributed by atoms with Gasteiger partial charge in [0, 0.05) is 28.1 Å². The smallest absolute Gasteiger partial charge is 0.344 e. The standard InChI is InChI=1S/C30H40O6S/c1-6-28(4)16-23(36-24(32)17-35-25(33)18-37-21-10-8-7-9-11-21)29(5)19(2)12-14-30(20(3)27(28)34)15-13-22(31)26(29)30/h6-11,19-20,23,26-27,34H,1,12-18H2,2-5H3/t19-,20+,23?,26+,27+,28-,29+,30+/m1/s1. The van der Waals surface area contributed by atoms with Crippen LogP contribution in [0.5, 0.6) is 0 Å². The van der Waals surface area contributed by atoms with Gasteiger partial charge >= 0.3 is 11.9 Å². The molecule has 0 aliphatic heterocycles. The summed E-state index contributed by atoms with van der Waals surface area (Å²) in [6.07, 6.45) is 3.81. The highest BCUT2D eigenvalue weighted by molar-refractivity contribution is 8.00. The summed E-state index contributed by atoms with van der Waals surface area (Å²) < 4.78 is 11.3. The number of rotatable bonds is 7. The number of thioether (sulfide) groups is 1. The van der Waals surface area contributed by atoms with Crippen LogP contribution in [0.3, 0.4) is 0 Å². The summed E-state index contributed by atoms with van der Waals surface area (Å²) in [5.74, 6) is -1.05. The molecular weight excluding hydrogens is 488 g/mol. The van der Waals surface area contributed by atoms with Crippen LogP contribution in [-0.4, -0.2) is 47.4 Å². The maximum Gasteiger partial charge on any atom is 0.344 e. The van der Waals surface area contributed by atoms with Crippen molar-refractivity contribution >= 4 is 29.5 Å². The molecule has 0 spiro atoms. The van der Waals surface area contributed by atoms with E-state index in [1.165, 1.54) is 11.8 Å². The zero-order chi connectivity index (χ0) is 27.0. The van der Waals surface area contributed by atoms with Crippen molar-refractivity contribution in [2.75, 3.05) is 12.4 Å². The molecule has 3 aliphatic rings. The van der Waals surface area contributed by atoms with E-state index in [1.54, 1.807) is 6.08 Å². The van der Waals surface area contributed by atoms with Gasteiger partial charge in [-0.15, -0.1) is 18.3 Å². The molecule has 0 amide bonds. The fraction of sp³-hybridized carbons (Fsp3) is 0.633. The van der Waals surface area contributed by atoms with Crippen molar-refractivity contribution in [3.8, 4) is 0 Å².